The van der Waals surface area contributed by atoms with E-state index < -0.39 is 11.4 Å². The number of ether oxygens (including phenoxy) is 2. The van der Waals surface area contributed by atoms with Crippen LogP contribution < -0.4 is 0 Å². The molecule has 2 fully saturated rings. The van der Waals surface area contributed by atoms with E-state index in [1.165, 1.54) is 13.8 Å². The van der Waals surface area contributed by atoms with E-state index in [0.717, 1.165) is 25.7 Å². The number of carbonyl (C=O) groups excluding carboxylic acids is 2. The minimum Gasteiger partial charge on any atom is -0.436 e. The van der Waals surface area contributed by atoms with Crippen molar-refractivity contribution in [3.05, 3.63) is 0 Å². The molecule has 0 heterocycles. The van der Waals surface area contributed by atoms with Gasteiger partial charge in [-0.3, -0.25) is 9.59 Å². The smallest absolute Gasteiger partial charge is 0.304 e. The van der Waals surface area contributed by atoms with Crippen molar-refractivity contribution in [1.29, 1.82) is 0 Å². The van der Waals surface area contributed by atoms with Crippen molar-refractivity contribution in [3.63, 3.8) is 0 Å². The third kappa shape index (κ3) is 3.55. The first-order chi connectivity index (χ1) is 9.45. The largest absolute Gasteiger partial charge is 0.436 e. The molecule has 6 heteroatoms. The zero-order chi connectivity index (χ0) is 14.6. The van der Waals surface area contributed by atoms with E-state index in [4.69, 9.17) is 9.47 Å². The second-order valence-electron chi connectivity index (χ2n) is 5.69. The summed E-state index contributed by atoms with van der Waals surface area (Å²) in [6.45, 7) is 2.76. The second kappa shape index (κ2) is 5.89. The number of esters is 2. The minimum atomic E-state index is -0.846. The molecule has 0 aromatic heterocycles. The Morgan fingerprint density at radius 1 is 0.750 bits per heavy atom. The van der Waals surface area contributed by atoms with Crippen molar-refractivity contribution in [2.45, 2.75) is 76.7 Å². The van der Waals surface area contributed by atoms with Crippen LogP contribution in [0.5, 0.6) is 0 Å². The Morgan fingerprint density at radius 3 is 1.30 bits per heavy atom. The average Bonchev–Trinajstić information content (AvgIpc) is 2.96. The molecule has 2 saturated carbocycles. The Labute approximate surface area is 118 Å². The quantitative estimate of drug-likeness (QED) is 0.586. The van der Waals surface area contributed by atoms with E-state index >= 15 is 0 Å². The van der Waals surface area contributed by atoms with E-state index in [9.17, 15) is 9.59 Å². The van der Waals surface area contributed by atoms with Crippen LogP contribution in [0.3, 0.4) is 0 Å². The summed E-state index contributed by atoms with van der Waals surface area (Å²) in [4.78, 5) is 22.5. The van der Waals surface area contributed by atoms with Gasteiger partial charge < -0.3 is 9.47 Å². The van der Waals surface area contributed by atoms with Crippen LogP contribution in [0.15, 0.2) is 10.2 Å². The molecule has 0 aromatic rings. The Morgan fingerprint density at radius 2 is 1.05 bits per heavy atom. The van der Waals surface area contributed by atoms with Crippen LogP contribution in [0, 0.1) is 0 Å². The van der Waals surface area contributed by atoms with Gasteiger partial charge in [0.05, 0.1) is 0 Å². The lowest BCUT2D eigenvalue weighted by atomic mass is 10.2. The molecule has 0 N–H and O–H groups in total. The number of hydrogen-bond donors (Lipinski definition) is 0. The summed E-state index contributed by atoms with van der Waals surface area (Å²) in [7, 11) is 0. The van der Waals surface area contributed by atoms with Gasteiger partial charge in [-0.2, -0.15) is 0 Å². The zero-order valence-corrected chi connectivity index (χ0v) is 12.2. The molecule has 0 amide bonds. The van der Waals surface area contributed by atoms with Crippen molar-refractivity contribution in [2.24, 2.45) is 10.2 Å². The number of hydrogen-bond acceptors (Lipinski definition) is 6. The van der Waals surface area contributed by atoms with E-state index in [1.54, 1.807) is 0 Å². The minimum absolute atomic E-state index is 0.348. The van der Waals surface area contributed by atoms with E-state index in [0.29, 0.717) is 25.7 Å². The van der Waals surface area contributed by atoms with Crippen LogP contribution >= 0.6 is 0 Å². The highest BCUT2D eigenvalue weighted by Crippen LogP contribution is 2.39. The van der Waals surface area contributed by atoms with Crippen molar-refractivity contribution in [3.8, 4) is 0 Å². The van der Waals surface area contributed by atoms with Gasteiger partial charge in [0.25, 0.3) is 0 Å². The molecule has 0 bridgehead atoms. The fourth-order valence-corrected chi connectivity index (χ4v) is 3.02. The predicted molar refractivity (Wildman–Crippen MR) is 70.8 cm³/mol. The molecule has 0 spiro atoms. The van der Waals surface area contributed by atoms with Crippen LogP contribution in [-0.2, 0) is 19.1 Å². The number of azo groups is 1. The van der Waals surface area contributed by atoms with Gasteiger partial charge in [-0.1, -0.05) is 0 Å². The summed E-state index contributed by atoms with van der Waals surface area (Å²) in [6, 6.07) is 0. The monoisotopic (exact) mass is 282 g/mol. The molecule has 0 unspecified atom stereocenters. The fourth-order valence-electron chi connectivity index (χ4n) is 3.02. The Hall–Kier alpha value is -1.46. The molecular formula is C14H22N2O4. The van der Waals surface area contributed by atoms with Gasteiger partial charge in [0, 0.05) is 39.5 Å². The summed E-state index contributed by atoms with van der Waals surface area (Å²) in [5, 5.41) is 8.61. The highest BCUT2D eigenvalue weighted by Gasteiger charge is 2.41. The van der Waals surface area contributed by atoms with Crippen molar-refractivity contribution < 1.29 is 19.1 Å². The molecule has 0 aliphatic heterocycles. The van der Waals surface area contributed by atoms with Crippen LogP contribution in [0.4, 0.5) is 0 Å². The first-order valence-corrected chi connectivity index (χ1v) is 7.29. The molecule has 0 saturated heterocycles. The lowest BCUT2D eigenvalue weighted by Crippen LogP contribution is -2.32. The highest BCUT2D eigenvalue weighted by atomic mass is 16.6. The molecule has 2 aliphatic carbocycles. The standard InChI is InChI=1S/C14H22N2O4/c1-11(17)19-13(7-3-4-8-13)15-16-14(20-12(2)18)9-5-6-10-14/h3-10H2,1-2H3/b16-15+. The maximum Gasteiger partial charge on any atom is 0.304 e. The van der Waals surface area contributed by atoms with Gasteiger partial charge in [0.1, 0.15) is 0 Å². The van der Waals surface area contributed by atoms with Crippen LogP contribution in [0.25, 0.3) is 0 Å². The van der Waals surface area contributed by atoms with Gasteiger partial charge in [0.2, 0.25) is 11.4 Å². The summed E-state index contributed by atoms with van der Waals surface area (Å²) in [5.41, 5.74) is -1.69. The molecule has 2 aliphatic rings. The molecule has 6 nitrogen and oxygen atoms in total. The molecule has 2 rings (SSSR count). The lowest BCUT2D eigenvalue weighted by molar-refractivity contribution is -0.162. The summed E-state index contributed by atoms with van der Waals surface area (Å²) >= 11 is 0. The van der Waals surface area contributed by atoms with Gasteiger partial charge in [-0.15, -0.1) is 10.2 Å². The van der Waals surface area contributed by atoms with Gasteiger partial charge in [-0.25, -0.2) is 0 Å². The normalized spacial score (nSPS) is 23.9. The molecule has 0 radical (unpaired) electrons. The van der Waals surface area contributed by atoms with E-state index in [1.807, 2.05) is 0 Å². The predicted octanol–water partition coefficient (Wildman–Crippen LogP) is 3.11. The molecule has 20 heavy (non-hydrogen) atoms. The summed E-state index contributed by atoms with van der Waals surface area (Å²) < 4.78 is 10.7. The molecule has 112 valence electrons. The topological polar surface area (TPSA) is 77.3 Å². The maximum absolute atomic E-state index is 11.2. The fraction of sp³-hybridized carbons (Fsp3) is 0.857. The first kappa shape index (κ1) is 14.9. The lowest BCUT2D eigenvalue weighted by Gasteiger charge is -2.27. The van der Waals surface area contributed by atoms with Crippen molar-refractivity contribution in [1.82, 2.24) is 0 Å². The van der Waals surface area contributed by atoms with E-state index in [-0.39, 0.29) is 11.9 Å². The van der Waals surface area contributed by atoms with Crippen LogP contribution in [0.1, 0.15) is 65.2 Å². The molecule has 0 atom stereocenters. The van der Waals surface area contributed by atoms with Gasteiger partial charge in [-0.05, 0) is 25.7 Å². The highest BCUT2D eigenvalue weighted by molar-refractivity contribution is 5.67. The third-order valence-electron chi connectivity index (χ3n) is 3.85. The molecular weight excluding hydrogens is 260 g/mol. The Balaban J connectivity index is 2.14. The van der Waals surface area contributed by atoms with Crippen molar-refractivity contribution in [2.75, 3.05) is 0 Å². The maximum atomic E-state index is 11.2. The number of carbonyl (C=O) groups is 2. The van der Waals surface area contributed by atoms with Crippen LogP contribution in [-0.4, -0.2) is 23.4 Å². The average molecular weight is 282 g/mol. The molecule has 0 aromatic carbocycles. The Bertz CT molecular complexity index is 369. The summed E-state index contributed by atoms with van der Waals surface area (Å²) in [6.07, 6.45) is 6.61. The number of nitrogens with zero attached hydrogens (tertiary/aromatic N) is 2. The summed E-state index contributed by atoms with van der Waals surface area (Å²) in [5.74, 6) is -0.697. The van der Waals surface area contributed by atoms with E-state index in [2.05, 4.69) is 10.2 Å². The number of rotatable bonds is 4. The second-order valence-corrected chi connectivity index (χ2v) is 5.69. The Kier molecular flexibility index (Phi) is 4.40. The third-order valence-corrected chi connectivity index (χ3v) is 3.85. The van der Waals surface area contributed by atoms with Crippen molar-refractivity contribution >= 4 is 11.9 Å². The zero-order valence-electron chi connectivity index (χ0n) is 12.2. The van der Waals surface area contributed by atoms with Gasteiger partial charge in [0.15, 0.2) is 0 Å². The first-order valence-electron chi connectivity index (χ1n) is 7.29. The SMILES string of the molecule is CC(=O)OC1(/N=N/C2(OC(C)=O)CCCC2)CCCC1. The van der Waals surface area contributed by atoms with Crippen LogP contribution in [0.2, 0.25) is 0 Å². The van der Waals surface area contributed by atoms with Gasteiger partial charge >= 0.3 is 11.9 Å².